The van der Waals surface area contributed by atoms with Gasteiger partial charge >= 0.3 is 7.60 Å². The van der Waals surface area contributed by atoms with Crippen LogP contribution in [0, 0.1) is 0 Å². The minimum atomic E-state index is -3.83. The summed E-state index contributed by atoms with van der Waals surface area (Å²) in [4.78, 5) is 0. The van der Waals surface area contributed by atoms with Gasteiger partial charge in [0.15, 0.2) is 11.6 Å². The summed E-state index contributed by atoms with van der Waals surface area (Å²) >= 11 is 0. The molecule has 4 aromatic rings. The molecule has 0 aliphatic rings. The Kier molecular flexibility index (Phi) is 5.88. The first-order valence-electron chi connectivity index (χ1n) is 9.76. The maximum atomic E-state index is 13.3. The monoisotopic (exact) mass is 426 g/mol. The van der Waals surface area contributed by atoms with Crippen LogP contribution in [-0.4, -0.2) is 28.1 Å². The number of nitrogens with zero attached hydrogens (tertiary/aromatic N) is 2. The van der Waals surface area contributed by atoms with E-state index in [1.807, 2.05) is 60.7 Å². The summed E-state index contributed by atoms with van der Waals surface area (Å²) in [6.45, 7) is 3.68. The van der Waals surface area contributed by atoms with Crippen molar-refractivity contribution in [2.75, 3.05) is 13.2 Å². The predicted octanol–water partition coefficient (Wildman–Crippen LogP) is 5.54. The van der Waals surface area contributed by atoms with Gasteiger partial charge in [0.25, 0.3) is 0 Å². The van der Waals surface area contributed by atoms with E-state index in [2.05, 4.69) is 5.10 Å². The lowest BCUT2D eigenvalue weighted by atomic mass is 10.2. The summed E-state index contributed by atoms with van der Waals surface area (Å²) in [5.74, 6) is -1.06. The van der Waals surface area contributed by atoms with Gasteiger partial charge in [-0.25, -0.2) is 4.68 Å². The van der Waals surface area contributed by atoms with E-state index in [9.17, 15) is 9.67 Å². The zero-order valence-electron chi connectivity index (χ0n) is 16.8. The molecule has 0 amide bonds. The van der Waals surface area contributed by atoms with Crippen LogP contribution in [0.15, 0.2) is 71.3 Å². The molecule has 8 heteroatoms. The Balaban J connectivity index is 1.87. The molecular formula is C22H23N2O5P. The maximum absolute atomic E-state index is 13.3. The van der Waals surface area contributed by atoms with Crippen LogP contribution in [0.1, 0.15) is 25.3 Å². The smallest absolute Gasteiger partial charge is 0.363 e. The zero-order chi connectivity index (χ0) is 21.1. The first-order chi connectivity index (χ1) is 14.6. The van der Waals surface area contributed by atoms with E-state index in [1.54, 1.807) is 24.7 Å². The molecule has 2 aromatic heterocycles. The average molecular weight is 426 g/mol. The molecule has 4 rings (SSSR count). The van der Waals surface area contributed by atoms with Gasteiger partial charge in [0.05, 0.1) is 18.9 Å². The zero-order valence-corrected chi connectivity index (χ0v) is 17.7. The molecule has 0 saturated carbocycles. The van der Waals surface area contributed by atoms with Gasteiger partial charge in [0, 0.05) is 17.1 Å². The molecule has 0 spiro atoms. The lowest BCUT2D eigenvalue weighted by Crippen LogP contribution is -2.06. The summed E-state index contributed by atoms with van der Waals surface area (Å²) in [6.07, 6.45) is 1.63. The fourth-order valence-electron chi connectivity index (χ4n) is 3.29. The molecule has 0 radical (unpaired) electrons. The quantitative estimate of drug-likeness (QED) is 0.372. The van der Waals surface area contributed by atoms with Crippen LogP contribution in [0.5, 0.6) is 0 Å². The van der Waals surface area contributed by atoms with Gasteiger partial charge in [0.2, 0.25) is 0 Å². The van der Waals surface area contributed by atoms with E-state index in [1.165, 1.54) is 0 Å². The molecular weight excluding hydrogens is 403 g/mol. The van der Waals surface area contributed by atoms with Crippen molar-refractivity contribution in [3.8, 4) is 17.1 Å². The molecule has 2 heterocycles. The van der Waals surface area contributed by atoms with Gasteiger partial charge in [-0.1, -0.05) is 36.4 Å². The number of hydrogen-bond donors (Lipinski definition) is 1. The Hall–Kier alpha value is -2.70. The minimum Gasteiger partial charge on any atom is -0.454 e. The van der Waals surface area contributed by atoms with Crippen molar-refractivity contribution in [1.82, 2.24) is 9.78 Å². The van der Waals surface area contributed by atoms with Crippen molar-refractivity contribution in [2.45, 2.75) is 19.7 Å². The predicted molar refractivity (Wildman–Crippen MR) is 115 cm³/mol. The third kappa shape index (κ3) is 3.85. The summed E-state index contributed by atoms with van der Waals surface area (Å²) < 4.78 is 31.6. The number of rotatable bonds is 8. The van der Waals surface area contributed by atoms with Crippen molar-refractivity contribution in [1.29, 1.82) is 0 Å². The van der Waals surface area contributed by atoms with Crippen molar-refractivity contribution in [3.63, 3.8) is 0 Å². The van der Waals surface area contributed by atoms with E-state index in [0.29, 0.717) is 22.6 Å². The van der Waals surface area contributed by atoms with Crippen LogP contribution < -0.4 is 0 Å². The van der Waals surface area contributed by atoms with Gasteiger partial charge in [-0.3, -0.25) is 4.57 Å². The highest BCUT2D eigenvalue weighted by Gasteiger charge is 2.39. The summed E-state index contributed by atoms with van der Waals surface area (Å²) in [5.41, 5.74) is 2.17. The Morgan fingerprint density at radius 1 is 1.07 bits per heavy atom. The second-order valence-electron chi connectivity index (χ2n) is 6.61. The number of para-hydroxylation sites is 2. The van der Waals surface area contributed by atoms with Crippen LogP contribution >= 0.6 is 7.60 Å². The fourth-order valence-corrected chi connectivity index (χ4v) is 4.89. The molecule has 0 aliphatic heterocycles. The highest BCUT2D eigenvalue weighted by atomic mass is 31.2. The van der Waals surface area contributed by atoms with Gasteiger partial charge < -0.3 is 18.6 Å². The molecule has 156 valence electrons. The second-order valence-corrected chi connectivity index (χ2v) is 8.70. The first-order valence-corrected chi connectivity index (χ1v) is 11.4. The molecule has 1 atom stereocenters. The van der Waals surface area contributed by atoms with Crippen LogP contribution in [0.2, 0.25) is 0 Å². The number of furan rings is 1. The highest BCUT2D eigenvalue weighted by molar-refractivity contribution is 7.54. The maximum Gasteiger partial charge on any atom is 0.363 e. The lowest BCUT2D eigenvalue weighted by Gasteiger charge is -2.21. The molecule has 30 heavy (non-hydrogen) atoms. The number of aliphatic hydroxyl groups excluding tert-OH is 1. The molecule has 1 N–H and O–H groups in total. The Morgan fingerprint density at radius 2 is 1.73 bits per heavy atom. The topological polar surface area (TPSA) is 86.7 Å². The largest absolute Gasteiger partial charge is 0.454 e. The Morgan fingerprint density at radius 3 is 2.40 bits per heavy atom. The van der Waals surface area contributed by atoms with E-state index in [-0.39, 0.29) is 13.2 Å². The third-order valence-electron chi connectivity index (χ3n) is 4.62. The lowest BCUT2D eigenvalue weighted by molar-refractivity contribution is 0.150. The van der Waals surface area contributed by atoms with E-state index >= 15 is 0 Å². The van der Waals surface area contributed by atoms with Gasteiger partial charge in [-0.15, -0.1) is 0 Å². The molecule has 7 nitrogen and oxygen atoms in total. The van der Waals surface area contributed by atoms with Crippen molar-refractivity contribution >= 4 is 18.6 Å². The second kappa shape index (κ2) is 8.58. The number of aromatic nitrogens is 2. The first kappa shape index (κ1) is 20.6. The fraction of sp³-hybridized carbons (Fsp3) is 0.227. The average Bonchev–Trinajstić information content (AvgIpc) is 3.38. The Bertz CT molecular complexity index is 1140. The minimum absolute atomic E-state index is 0.140. The van der Waals surface area contributed by atoms with Gasteiger partial charge in [0.1, 0.15) is 11.3 Å². The van der Waals surface area contributed by atoms with Gasteiger partial charge in [-0.05, 0) is 38.1 Å². The highest BCUT2D eigenvalue weighted by Crippen LogP contribution is 2.60. The SMILES string of the molecule is CCOP(=O)(OCC)C(O)c1cn(-c2ccccc2)nc1-c1cc2ccccc2o1. The molecule has 0 bridgehead atoms. The molecule has 0 fully saturated rings. The Labute approximate surface area is 174 Å². The number of benzene rings is 2. The molecule has 0 saturated heterocycles. The van der Waals surface area contributed by atoms with E-state index < -0.39 is 13.4 Å². The van der Waals surface area contributed by atoms with Crippen molar-refractivity contribution in [2.24, 2.45) is 0 Å². The number of aliphatic hydroxyl groups is 1. The van der Waals surface area contributed by atoms with Crippen LogP contribution in [0.4, 0.5) is 0 Å². The molecule has 1 unspecified atom stereocenters. The summed E-state index contributed by atoms with van der Waals surface area (Å²) in [5, 5.41) is 16.6. The molecule has 2 aromatic carbocycles. The standard InChI is InChI=1S/C22H23N2O5P/c1-3-27-30(26,28-4-2)22(25)18-15-24(17-11-6-5-7-12-17)23-21(18)20-14-16-10-8-9-13-19(16)29-20/h5-15,22,25H,3-4H2,1-2H3. The van der Waals surface area contributed by atoms with E-state index in [4.69, 9.17) is 13.5 Å². The number of hydrogen-bond acceptors (Lipinski definition) is 6. The van der Waals surface area contributed by atoms with Crippen LogP contribution in [0.25, 0.3) is 28.1 Å². The summed E-state index contributed by atoms with van der Waals surface area (Å²) in [7, 11) is -3.83. The van der Waals surface area contributed by atoms with Gasteiger partial charge in [-0.2, -0.15) is 5.10 Å². The van der Waals surface area contributed by atoms with Crippen molar-refractivity contribution < 1.29 is 23.1 Å². The van der Waals surface area contributed by atoms with Crippen LogP contribution in [0.3, 0.4) is 0 Å². The normalized spacial score (nSPS) is 13.0. The van der Waals surface area contributed by atoms with Crippen LogP contribution in [-0.2, 0) is 13.6 Å². The summed E-state index contributed by atoms with van der Waals surface area (Å²) in [6, 6.07) is 18.9. The molecule has 0 aliphatic carbocycles. The van der Waals surface area contributed by atoms with E-state index in [0.717, 1.165) is 11.1 Å². The number of fused-ring (bicyclic) bond motifs is 1. The van der Waals surface area contributed by atoms with Crippen molar-refractivity contribution in [3.05, 3.63) is 72.4 Å². The third-order valence-corrected chi connectivity index (χ3v) is 6.73.